The van der Waals surface area contributed by atoms with Crippen molar-refractivity contribution >= 4 is 11.7 Å². The van der Waals surface area contributed by atoms with Gasteiger partial charge in [-0.25, -0.2) is 4.39 Å². The van der Waals surface area contributed by atoms with Gasteiger partial charge in [-0.15, -0.1) is 0 Å². The van der Waals surface area contributed by atoms with Crippen LogP contribution in [0.2, 0.25) is 0 Å². The summed E-state index contributed by atoms with van der Waals surface area (Å²) in [6.07, 6.45) is -0.0641. The Bertz CT molecular complexity index is 670. The van der Waals surface area contributed by atoms with Gasteiger partial charge in [-0.1, -0.05) is 30.3 Å². The molecule has 0 aliphatic rings. The maximum absolute atomic E-state index is 13.4. The maximum atomic E-state index is 13.4. The monoisotopic (exact) mass is 287 g/mol. The van der Waals surface area contributed by atoms with Gasteiger partial charge in [-0.05, 0) is 23.8 Å². The van der Waals surface area contributed by atoms with Crippen LogP contribution in [0.3, 0.4) is 0 Å². The van der Waals surface area contributed by atoms with Gasteiger partial charge in [0.15, 0.2) is 5.78 Å². The van der Waals surface area contributed by atoms with Crippen molar-refractivity contribution in [2.45, 2.75) is 6.42 Å². The van der Waals surface area contributed by atoms with Gasteiger partial charge in [0, 0.05) is 6.42 Å². The van der Waals surface area contributed by atoms with Crippen LogP contribution in [0.25, 0.3) is 0 Å². The zero-order valence-corrected chi connectivity index (χ0v) is 11.2. The predicted molar refractivity (Wildman–Crippen MR) is 75.6 cm³/mol. The van der Waals surface area contributed by atoms with Crippen molar-refractivity contribution in [3.05, 3.63) is 65.5 Å². The number of nitrogens with two attached hydrogens (primary N) is 1. The number of carbonyl (C=O) groups is 2. The van der Waals surface area contributed by atoms with E-state index in [1.54, 1.807) is 36.4 Å². The summed E-state index contributed by atoms with van der Waals surface area (Å²) < 4.78 is 18.7. The van der Waals surface area contributed by atoms with Crippen LogP contribution in [0.5, 0.6) is 5.75 Å². The van der Waals surface area contributed by atoms with Crippen molar-refractivity contribution in [1.29, 1.82) is 0 Å². The Morgan fingerprint density at radius 2 is 1.71 bits per heavy atom. The average molecular weight is 287 g/mol. The molecule has 2 rings (SSSR count). The van der Waals surface area contributed by atoms with Crippen LogP contribution >= 0.6 is 0 Å². The predicted octanol–water partition coefficient (Wildman–Crippen LogP) is 2.12. The molecule has 0 aliphatic carbocycles. The minimum atomic E-state index is -0.632. The first-order valence-corrected chi connectivity index (χ1v) is 6.34. The molecule has 0 bridgehead atoms. The molecule has 108 valence electrons. The summed E-state index contributed by atoms with van der Waals surface area (Å²) in [6, 6.07) is 12.4. The molecule has 0 radical (unpaired) electrons. The fourth-order valence-corrected chi connectivity index (χ4v) is 1.86. The summed E-state index contributed by atoms with van der Waals surface area (Å²) in [6.45, 7) is -0.251. The van der Waals surface area contributed by atoms with Crippen molar-refractivity contribution in [3.8, 4) is 5.75 Å². The first-order valence-electron chi connectivity index (χ1n) is 6.34. The Morgan fingerprint density at radius 1 is 1.05 bits per heavy atom. The molecule has 0 unspecified atom stereocenters. The third-order valence-corrected chi connectivity index (χ3v) is 2.89. The molecule has 2 N–H and O–H groups in total. The molecule has 4 nitrogen and oxygen atoms in total. The molecule has 0 fully saturated rings. The Balaban J connectivity index is 1.99. The van der Waals surface area contributed by atoms with Gasteiger partial charge in [0.25, 0.3) is 5.91 Å². The molecule has 2 aromatic carbocycles. The van der Waals surface area contributed by atoms with Gasteiger partial charge in [-0.2, -0.15) is 0 Å². The topological polar surface area (TPSA) is 69.4 Å². The van der Waals surface area contributed by atoms with E-state index >= 15 is 0 Å². The third kappa shape index (κ3) is 3.89. The Kier molecular flexibility index (Phi) is 4.66. The number of primary amides is 1. The van der Waals surface area contributed by atoms with Gasteiger partial charge >= 0.3 is 0 Å². The number of benzene rings is 2. The van der Waals surface area contributed by atoms with E-state index in [-0.39, 0.29) is 30.1 Å². The second kappa shape index (κ2) is 6.65. The smallest absolute Gasteiger partial charge is 0.252 e. The molecule has 0 spiro atoms. The highest BCUT2D eigenvalue weighted by Crippen LogP contribution is 2.17. The standard InChI is InChI=1S/C16H14FNO3/c17-14-7-3-1-5-11(14)9-12(19)10-21-15-8-4-2-6-13(15)16(18)20/h1-8H,9-10H2,(H2,18,20). The lowest BCUT2D eigenvalue weighted by Crippen LogP contribution is -2.17. The summed E-state index contributed by atoms with van der Waals surface area (Å²) >= 11 is 0. The van der Waals surface area contributed by atoms with Gasteiger partial charge in [0.1, 0.15) is 18.2 Å². The Hall–Kier alpha value is -2.69. The zero-order chi connectivity index (χ0) is 15.2. The summed E-state index contributed by atoms with van der Waals surface area (Å²) in [5.41, 5.74) is 5.73. The molecular formula is C16H14FNO3. The van der Waals surface area contributed by atoms with Crippen LogP contribution in [0.1, 0.15) is 15.9 Å². The lowest BCUT2D eigenvalue weighted by molar-refractivity contribution is -0.120. The Morgan fingerprint density at radius 3 is 2.43 bits per heavy atom. The molecule has 0 saturated carbocycles. The number of hydrogen-bond acceptors (Lipinski definition) is 3. The van der Waals surface area contributed by atoms with E-state index < -0.39 is 11.7 Å². The molecule has 21 heavy (non-hydrogen) atoms. The van der Waals surface area contributed by atoms with E-state index in [1.807, 2.05) is 0 Å². The largest absolute Gasteiger partial charge is 0.485 e. The average Bonchev–Trinajstić information content (AvgIpc) is 2.48. The first kappa shape index (κ1) is 14.7. The number of amides is 1. The van der Waals surface area contributed by atoms with Crippen LogP contribution < -0.4 is 10.5 Å². The second-order valence-electron chi connectivity index (χ2n) is 4.46. The van der Waals surface area contributed by atoms with Crippen LogP contribution in [0.4, 0.5) is 4.39 Å². The lowest BCUT2D eigenvalue weighted by atomic mass is 10.1. The normalized spacial score (nSPS) is 10.1. The SMILES string of the molecule is NC(=O)c1ccccc1OCC(=O)Cc1ccccc1F. The van der Waals surface area contributed by atoms with Crippen LogP contribution in [-0.2, 0) is 11.2 Å². The number of Topliss-reactive ketones (excluding diaryl/α,β-unsaturated/α-hetero) is 1. The molecule has 0 heterocycles. The lowest BCUT2D eigenvalue weighted by Gasteiger charge is -2.09. The highest BCUT2D eigenvalue weighted by atomic mass is 19.1. The minimum Gasteiger partial charge on any atom is -0.485 e. The molecule has 2 aromatic rings. The first-order chi connectivity index (χ1) is 10.1. The number of rotatable bonds is 6. The van der Waals surface area contributed by atoms with Crippen molar-refractivity contribution in [1.82, 2.24) is 0 Å². The third-order valence-electron chi connectivity index (χ3n) is 2.89. The number of ketones is 1. The summed E-state index contributed by atoms with van der Waals surface area (Å²) in [5, 5.41) is 0. The van der Waals surface area contributed by atoms with Gasteiger partial charge in [0.2, 0.25) is 0 Å². The number of ether oxygens (including phenoxy) is 1. The number of para-hydroxylation sites is 1. The molecule has 0 atom stereocenters. The number of carbonyl (C=O) groups excluding carboxylic acids is 2. The zero-order valence-electron chi connectivity index (χ0n) is 11.2. The molecule has 0 saturated heterocycles. The van der Waals surface area contributed by atoms with Crippen molar-refractivity contribution in [2.24, 2.45) is 5.73 Å². The highest BCUT2D eigenvalue weighted by molar-refractivity contribution is 5.95. The van der Waals surface area contributed by atoms with Gasteiger partial charge in [0.05, 0.1) is 5.56 Å². The fraction of sp³-hybridized carbons (Fsp3) is 0.125. The molecule has 1 amide bonds. The van der Waals surface area contributed by atoms with Crippen LogP contribution in [-0.4, -0.2) is 18.3 Å². The summed E-state index contributed by atoms with van der Waals surface area (Å²) in [5.74, 6) is -1.11. The Labute approximate surface area is 121 Å². The summed E-state index contributed by atoms with van der Waals surface area (Å²) in [7, 11) is 0. The van der Waals surface area contributed by atoms with E-state index in [1.165, 1.54) is 12.1 Å². The minimum absolute atomic E-state index is 0.0641. The number of halogens is 1. The van der Waals surface area contributed by atoms with E-state index in [0.717, 1.165) is 0 Å². The van der Waals surface area contributed by atoms with Gasteiger partial charge < -0.3 is 10.5 Å². The molecule has 0 aliphatic heterocycles. The van der Waals surface area contributed by atoms with E-state index in [0.29, 0.717) is 5.56 Å². The number of hydrogen-bond donors (Lipinski definition) is 1. The van der Waals surface area contributed by atoms with E-state index in [2.05, 4.69) is 0 Å². The van der Waals surface area contributed by atoms with Crippen molar-refractivity contribution in [2.75, 3.05) is 6.61 Å². The molecular weight excluding hydrogens is 273 g/mol. The van der Waals surface area contributed by atoms with E-state index in [4.69, 9.17) is 10.5 Å². The molecule has 5 heteroatoms. The van der Waals surface area contributed by atoms with E-state index in [9.17, 15) is 14.0 Å². The highest BCUT2D eigenvalue weighted by Gasteiger charge is 2.12. The maximum Gasteiger partial charge on any atom is 0.252 e. The van der Waals surface area contributed by atoms with Gasteiger partial charge in [-0.3, -0.25) is 9.59 Å². The van der Waals surface area contributed by atoms with Crippen LogP contribution in [0.15, 0.2) is 48.5 Å². The fourth-order valence-electron chi connectivity index (χ4n) is 1.86. The van der Waals surface area contributed by atoms with Crippen LogP contribution in [0, 0.1) is 5.82 Å². The summed E-state index contributed by atoms with van der Waals surface area (Å²) in [4.78, 5) is 23.0. The second-order valence-corrected chi connectivity index (χ2v) is 4.46. The van der Waals surface area contributed by atoms with Crippen molar-refractivity contribution < 1.29 is 18.7 Å². The quantitative estimate of drug-likeness (QED) is 0.884. The molecule has 0 aromatic heterocycles. The van der Waals surface area contributed by atoms with Crippen molar-refractivity contribution in [3.63, 3.8) is 0 Å².